The Morgan fingerprint density at radius 3 is 2.62 bits per heavy atom. The Balaban J connectivity index is 2.56. The molecule has 2 N–H and O–H groups in total. The molecule has 1 aromatic heterocycles. The standard InChI is InChI=1S/C10H15N3O3/c1-10(2,9(15)16)8(14)11-6-7-4-5-13(3)12-7/h4-5H,6H2,1-3H3,(H,11,14)(H,15,16). The number of nitrogens with zero attached hydrogens (tertiary/aromatic N) is 2. The molecule has 16 heavy (non-hydrogen) atoms. The van der Waals surface area contributed by atoms with Gasteiger partial charge in [-0.2, -0.15) is 5.10 Å². The zero-order valence-corrected chi connectivity index (χ0v) is 9.52. The molecule has 88 valence electrons. The van der Waals surface area contributed by atoms with Gasteiger partial charge in [0.15, 0.2) is 0 Å². The van der Waals surface area contributed by atoms with Gasteiger partial charge in [-0.15, -0.1) is 0 Å². The molecule has 0 saturated carbocycles. The number of carboxylic acid groups (broad SMARTS) is 1. The van der Waals surface area contributed by atoms with Gasteiger partial charge in [-0.25, -0.2) is 0 Å². The Morgan fingerprint density at radius 1 is 1.56 bits per heavy atom. The van der Waals surface area contributed by atoms with Gasteiger partial charge in [-0.05, 0) is 19.9 Å². The Kier molecular flexibility index (Phi) is 3.31. The summed E-state index contributed by atoms with van der Waals surface area (Å²) in [6.45, 7) is 2.96. The van der Waals surface area contributed by atoms with Crippen molar-refractivity contribution in [2.75, 3.05) is 0 Å². The van der Waals surface area contributed by atoms with Gasteiger partial charge in [0.2, 0.25) is 5.91 Å². The Labute approximate surface area is 93.3 Å². The molecule has 0 aliphatic rings. The molecule has 0 aliphatic heterocycles. The number of aliphatic carboxylic acids is 1. The number of aromatic nitrogens is 2. The number of hydrogen-bond acceptors (Lipinski definition) is 3. The van der Waals surface area contributed by atoms with Crippen molar-refractivity contribution in [1.82, 2.24) is 15.1 Å². The third-order valence-corrected chi connectivity index (χ3v) is 2.30. The predicted octanol–water partition coefficient (Wildman–Crippen LogP) is 0.147. The van der Waals surface area contributed by atoms with Crippen molar-refractivity contribution in [1.29, 1.82) is 0 Å². The summed E-state index contributed by atoms with van der Waals surface area (Å²) in [5.41, 5.74) is -0.730. The fourth-order valence-corrected chi connectivity index (χ4v) is 1.05. The van der Waals surface area contributed by atoms with Crippen molar-refractivity contribution in [3.63, 3.8) is 0 Å². The maximum Gasteiger partial charge on any atom is 0.318 e. The first-order chi connectivity index (χ1) is 7.34. The first-order valence-electron chi connectivity index (χ1n) is 4.84. The van der Waals surface area contributed by atoms with Crippen molar-refractivity contribution in [3.05, 3.63) is 18.0 Å². The highest BCUT2D eigenvalue weighted by Crippen LogP contribution is 2.15. The summed E-state index contributed by atoms with van der Waals surface area (Å²) in [5.74, 6) is -1.67. The summed E-state index contributed by atoms with van der Waals surface area (Å²) in [6.07, 6.45) is 1.75. The minimum atomic E-state index is -1.42. The fraction of sp³-hybridized carbons (Fsp3) is 0.500. The first kappa shape index (κ1) is 12.2. The molecule has 0 spiro atoms. The Bertz CT molecular complexity index is 409. The lowest BCUT2D eigenvalue weighted by Gasteiger charge is -2.17. The lowest BCUT2D eigenvalue weighted by atomic mass is 9.93. The van der Waals surface area contributed by atoms with E-state index in [1.54, 1.807) is 24.0 Å². The second-order valence-electron chi connectivity index (χ2n) is 4.09. The quantitative estimate of drug-likeness (QED) is 0.714. The van der Waals surface area contributed by atoms with E-state index in [2.05, 4.69) is 10.4 Å². The van der Waals surface area contributed by atoms with Gasteiger partial charge in [0.25, 0.3) is 0 Å². The van der Waals surface area contributed by atoms with Gasteiger partial charge in [0, 0.05) is 13.2 Å². The van der Waals surface area contributed by atoms with Gasteiger partial charge in [-0.1, -0.05) is 0 Å². The second-order valence-corrected chi connectivity index (χ2v) is 4.09. The van der Waals surface area contributed by atoms with Crippen LogP contribution in [0.5, 0.6) is 0 Å². The average Bonchev–Trinajstić information content (AvgIpc) is 2.60. The fourth-order valence-electron chi connectivity index (χ4n) is 1.05. The van der Waals surface area contributed by atoms with Crippen LogP contribution in [0.1, 0.15) is 19.5 Å². The number of carbonyl (C=O) groups is 2. The van der Waals surface area contributed by atoms with E-state index in [4.69, 9.17) is 5.11 Å². The van der Waals surface area contributed by atoms with Crippen LogP contribution in [0.3, 0.4) is 0 Å². The average molecular weight is 225 g/mol. The molecule has 6 nitrogen and oxygen atoms in total. The summed E-state index contributed by atoms with van der Waals surface area (Å²) in [6, 6.07) is 1.76. The zero-order chi connectivity index (χ0) is 12.3. The molecule has 1 amide bonds. The van der Waals surface area contributed by atoms with Crippen molar-refractivity contribution in [3.8, 4) is 0 Å². The number of rotatable bonds is 4. The molecule has 0 fully saturated rings. The van der Waals surface area contributed by atoms with E-state index in [9.17, 15) is 9.59 Å². The number of carbonyl (C=O) groups excluding carboxylic acids is 1. The van der Waals surface area contributed by atoms with Crippen LogP contribution in [0.2, 0.25) is 0 Å². The van der Waals surface area contributed by atoms with Crippen LogP contribution in [0, 0.1) is 5.41 Å². The summed E-state index contributed by atoms with van der Waals surface area (Å²) in [7, 11) is 1.77. The van der Waals surface area contributed by atoms with E-state index in [-0.39, 0.29) is 6.54 Å². The largest absolute Gasteiger partial charge is 0.480 e. The highest BCUT2D eigenvalue weighted by atomic mass is 16.4. The van der Waals surface area contributed by atoms with E-state index >= 15 is 0 Å². The molecule has 0 saturated heterocycles. The van der Waals surface area contributed by atoms with Gasteiger partial charge in [0.1, 0.15) is 5.41 Å². The molecular formula is C10H15N3O3. The highest BCUT2D eigenvalue weighted by Gasteiger charge is 2.35. The van der Waals surface area contributed by atoms with Crippen molar-refractivity contribution in [2.24, 2.45) is 12.5 Å². The van der Waals surface area contributed by atoms with E-state index in [0.717, 1.165) is 0 Å². The Morgan fingerprint density at radius 2 is 2.19 bits per heavy atom. The molecule has 1 heterocycles. The first-order valence-corrected chi connectivity index (χ1v) is 4.84. The minimum Gasteiger partial charge on any atom is -0.480 e. The van der Waals surface area contributed by atoms with Gasteiger partial charge in [-0.3, -0.25) is 14.3 Å². The number of nitrogens with one attached hydrogen (secondary N) is 1. The van der Waals surface area contributed by atoms with Crippen molar-refractivity contribution < 1.29 is 14.7 Å². The number of aryl methyl sites for hydroxylation is 1. The van der Waals surface area contributed by atoms with Gasteiger partial charge in [0.05, 0.1) is 12.2 Å². The molecule has 0 atom stereocenters. The Hall–Kier alpha value is -1.85. The van der Waals surface area contributed by atoms with Gasteiger partial charge < -0.3 is 10.4 Å². The SMILES string of the molecule is Cn1ccc(CNC(=O)C(C)(C)C(=O)O)n1. The zero-order valence-electron chi connectivity index (χ0n) is 9.52. The maximum atomic E-state index is 11.6. The number of amides is 1. The predicted molar refractivity (Wildman–Crippen MR) is 56.5 cm³/mol. The van der Waals surface area contributed by atoms with Crippen LogP contribution < -0.4 is 5.32 Å². The van der Waals surface area contributed by atoms with E-state index in [1.165, 1.54) is 13.8 Å². The third kappa shape index (κ3) is 2.59. The van der Waals surface area contributed by atoms with E-state index in [0.29, 0.717) is 5.69 Å². The van der Waals surface area contributed by atoms with Crippen LogP contribution in [0.4, 0.5) is 0 Å². The molecule has 0 unspecified atom stereocenters. The lowest BCUT2D eigenvalue weighted by molar-refractivity contribution is -0.153. The highest BCUT2D eigenvalue weighted by molar-refractivity contribution is 6.00. The van der Waals surface area contributed by atoms with Crippen LogP contribution in [-0.4, -0.2) is 26.8 Å². The maximum absolute atomic E-state index is 11.6. The summed E-state index contributed by atoms with van der Waals surface area (Å²) in [4.78, 5) is 22.4. The topological polar surface area (TPSA) is 84.2 Å². The molecule has 0 bridgehead atoms. The number of hydrogen-bond donors (Lipinski definition) is 2. The van der Waals surface area contributed by atoms with Crippen LogP contribution >= 0.6 is 0 Å². The normalized spacial score (nSPS) is 11.2. The lowest BCUT2D eigenvalue weighted by Crippen LogP contribution is -2.42. The molecule has 0 radical (unpaired) electrons. The monoisotopic (exact) mass is 225 g/mol. The summed E-state index contributed by atoms with van der Waals surface area (Å²) < 4.78 is 1.61. The van der Waals surface area contributed by atoms with Crippen molar-refractivity contribution >= 4 is 11.9 Å². The van der Waals surface area contributed by atoms with Crippen LogP contribution in [0.15, 0.2) is 12.3 Å². The summed E-state index contributed by atoms with van der Waals surface area (Å²) >= 11 is 0. The minimum absolute atomic E-state index is 0.233. The van der Waals surface area contributed by atoms with E-state index < -0.39 is 17.3 Å². The third-order valence-electron chi connectivity index (χ3n) is 2.30. The van der Waals surface area contributed by atoms with Crippen LogP contribution in [-0.2, 0) is 23.2 Å². The van der Waals surface area contributed by atoms with Gasteiger partial charge >= 0.3 is 5.97 Å². The van der Waals surface area contributed by atoms with Crippen molar-refractivity contribution in [2.45, 2.75) is 20.4 Å². The molecule has 1 aromatic rings. The smallest absolute Gasteiger partial charge is 0.318 e. The molecular weight excluding hydrogens is 210 g/mol. The molecule has 0 aliphatic carbocycles. The summed E-state index contributed by atoms with van der Waals surface area (Å²) in [5, 5.41) is 15.4. The molecule has 6 heteroatoms. The van der Waals surface area contributed by atoms with Crippen LogP contribution in [0.25, 0.3) is 0 Å². The number of carboxylic acids is 1. The molecule has 1 rings (SSSR count). The second kappa shape index (κ2) is 4.34. The molecule has 0 aromatic carbocycles. The van der Waals surface area contributed by atoms with E-state index in [1.807, 2.05) is 0 Å².